The van der Waals surface area contributed by atoms with E-state index in [4.69, 9.17) is 9.84 Å². The molecule has 1 saturated heterocycles. The number of aliphatic carboxylic acids is 1. The number of carboxylic acids is 1. The Morgan fingerprint density at radius 3 is 2.90 bits per heavy atom. The zero-order valence-electron chi connectivity index (χ0n) is 11.6. The van der Waals surface area contributed by atoms with Crippen molar-refractivity contribution in [3.8, 4) is 5.75 Å². The van der Waals surface area contributed by atoms with Crippen LogP contribution in [0.4, 0.5) is 14.9 Å². The summed E-state index contributed by atoms with van der Waals surface area (Å²) in [5.74, 6) is -1.63. The topological polar surface area (TPSA) is 78.9 Å². The highest BCUT2D eigenvalue weighted by Gasteiger charge is 2.28. The number of methoxy groups -OCH3 is 1. The Bertz CT molecular complexity index is 550. The van der Waals surface area contributed by atoms with E-state index < -0.39 is 23.7 Å². The largest absolute Gasteiger partial charge is 0.497 e. The highest BCUT2D eigenvalue weighted by atomic mass is 19.1. The number of urea groups is 1. The number of anilines is 1. The molecule has 0 spiro atoms. The second-order valence-electron chi connectivity index (χ2n) is 4.90. The fourth-order valence-corrected chi connectivity index (χ4v) is 2.28. The number of benzene rings is 1. The van der Waals surface area contributed by atoms with E-state index in [1.54, 1.807) is 0 Å². The van der Waals surface area contributed by atoms with Crippen molar-refractivity contribution in [1.82, 2.24) is 4.90 Å². The molecule has 1 aromatic rings. The lowest BCUT2D eigenvalue weighted by Gasteiger charge is -2.30. The molecular weight excluding hydrogens is 279 g/mol. The van der Waals surface area contributed by atoms with Gasteiger partial charge in [-0.15, -0.1) is 0 Å². The number of nitrogens with one attached hydrogen (secondary N) is 1. The Labute approximate surface area is 121 Å². The van der Waals surface area contributed by atoms with Crippen LogP contribution >= 0.6 is 0 Å². The van der Waals surface area contributed by atoms with Crippen molar-refractivity contribution in [2.75, 3.05) is 25.5 Å². The standard InChI is InChI=1S/C14H17FN2O4/c1-21-10-4-5-11(15)12(7-10)16-14(20)17-6-2-3-9(8-17)13(18)19/h4-5,7,9H,2-3,6,8H2,1H3,(H,16,20)(H,18,19). The fraction of sp³-hybridized carbons (Fsp3) is 0.429. The first-order valence-electron chi connectivity index (χ1n) is 6.63. The van der Waals surface area contributed by atoms with Gasteiger partial charge in [0.25, 0.3) is 0 Å². The molecule has 1 aliphatic rings. The average molecular weight is 296 g/mol. The van der Waals surface area contributed by atoms with Crippen LogP contribution in [0.2, 0.25) is 0 Å². The molecule has 1 heterocycles. The molecule has 0 aliphatic carbocycles. The number of carbonyl (C=O) groups is 2. The van der Waals surface area contributed by atoms with Gasteiger partial charge in [0, 0.05) is 19.2 Å². The van der Waals surface area contributed by atoms with E-state index in [0.717, 1.165) is 0 Å². The van der Waals surface area contributed by atoms with Crippen molar-refractivity contribution in [3.63, 3.8) is 0 Å². The maximum absolute atomic E-state index is 13.7. The molecule has 0 saturated carbocycles. The highest BCUT2D eigenvalue weighted by molar-refractivity contribution is 5.90. The van der Waals surface area contributed by atoms with Crippen LogP contribution in [0, 0.1) is 11.7 Å². The van der Waals surface area contributed by atoms with Crippen molar-refractivity contribution in [3.05, 3.63) is 24.0 Å². The third-order valence-corrected chi connectivity index (χ3v) is 3.47. The van der Waals surface area contributed by atoms with Crippen LogP contribution in [-0.4, -0.2) is 42.2 Å². The molecule has 0 aromatic heterocycles. The van der Waals surface area contributed by atoms with Crippen LogP contribution < -0.4 is 10.1 Å². The number of carboxylic acid groups (broad SMARTS) is 1. The predicted molar refractivity (Wildman–Crippen MR) is 73.9 cm³/mol. The first-order chi connectivity index (χ1) is 10.0. The first kappa shape index (κ1) is 15.1. The van der Waals surface area contributed by atoms with E-state index in [1.807, 2.05) is 0 Å². The third kappa shape index (κ3) is 3.62. The van der Waals surface area contributed by atoms with E-state index in [1.165, 1.54) is 30.2 Å². The van der Waals surface area contributed by atoms with Gasteiger partial charge in [-0.05, 0) is 25.0 Å². The molecule has 114 valence electrons. The molecule has 2 amide bonds. The molecule has 7 heteroatoms. The maximum atomic E-state index is 13.7. The Morgan fingerprint density at radius 1 is 1.48 bits per heavy atom. The monoisotopic (exact) mass is 296 g/mol. The van der Waals surface area contributed by atoms with E-state index in [0.29, 0.717) is 25.1 Å². The molecule has 1 unspecified atom stereocenters. The lowest BCUT2D eigenvalue weighted by Crippen LogP contribution is -2.44. The average Bonchev–Trinajstić information content (AvgIpc) is 2.49. The van der Waals surface area contributed by atoms with Gasteiger partial charge >= 0.3 is 12.0 Å². The SMILES string of the molecule is COc1ccc(F)c(NC(=O)N2CCCC(C(=O)O)C2)c1. The number of halogens is 1. The Kier molecular flexibility index (Phi) is 4.62. The molecule has 0 radical (unpaired) electrons. The van der Waals surface area contributed by atoms with Gasteiger partial charge in [0.15, 0.2) is 0 Å². The molecule has 1 aromatic carbocycles. The Balaban J connectivity index is 2.05. The number of ether oxygens (including phenoxy) is 1. The van der Waals surface area contributed by atoms with Gasteiger partial charge in [0.05, 0.1) is 18.7 Å². The second-order valence-corrected chi connectivity index (χ2v) is 4.90. The predicted octanol–water partition coefficient (Wildman–Crippen LogP) is 2.16. The van der Waals surface area contributed by atoms with Crippen LogP contribution in [0.5, 0.6) is 5.75 Å². The molecule has 1 fully saturated rings. The maximum Gasteiger partial charge on any atom is 0.321 e. The van der Waals surface area contributed by atoms with Crippen LogP contribution in [0.25, 0.3) is 0 Å². The first-order valence-corrected chi connectivity index (χ1v) is 6.63. The summed E-state index contributed by atoms with van der Waals surface area (Å²) in [4.78, 5) is 24.5. The highest BCUT2D eigenvalue weighted by Crippen LogP contribution is 2.23. The van der Waals surface area contributed by atoms with Gasteiger partial charge < -0.3 is 20.1 Å². The van der Waals surface area contributed by atoms with E-state index in [9.17, 15) is 14.0 Å². The van der Waals surface area contributed by atoms with Crippen LogP contribution in [-0.2, 0) is 4.79 Å². The summed E-state index contributed by atoms with van der Waals surface area (Å²) in [6.45, 7) is 0.591. The lowest BCUT2D eigenvalue weighted by atomic mass is 9.99. The quantitative estimate of drug-likeness (QED) is 0.896. The number of amides is 2. The zero-order chi connectivity index (χ0) is 15.4. The Hall–Kier alpha value is -2.31. The van der Waals surface area contributed by atoms with Gasteiger partial charge in [-0.3, -0.25) is 4.79 Å². The van der Waals surface area contributed by atoms with Gasteiger partial charge in [-0.1, -0.05) is 0 Å². The number of piperidine rings is 1. The zero-order valence-corrected chi connectivity index (χ0v) is 11.6. The molecule has 1 atom stereocenters. The smallest absolute Gasteiger partial charge is 0.321 e. The van der Waals surface area contributed by atoms with E-state index in [2.05, 4.69) is 5.32 Å². The molecular formula is C14H17FN2O4. The van der Waals surface area contributed by atoms with Crippen LogP contribution in [0.1, 0.15) is 12.8 Å². The summed E-state index contributed by atoms with van der Waals surface area (Å²) >= 11 is 0. The summed E-state index contributed by atoms with van der Waals surface area (Å²) in [6.07, 6.45) is 1.16. The number of carbonyl (C=O) groups excluding carboxylic acids is 1. The minimum absolute atomic E-state index is 0.0109. The summed E-state index contributed by atoms with van der Waals surface area (Å²) in [6, 6.07) is 3.52. The number of nitrogens with zero attached hydrogens (tertiary/aromatic N) is 1. The molecule has 1 aliphatic heterocycles. The van der Waals surface area contributed by atoms with Crippen molar-refractivity contribution in [1.29, 1.82) is 0 Å². The number of hydrogen-bond acceptors (Lipinski definition) is 3. The van der Waals surface area contributed by atoms with Crippen molar-refractivity contribution >= 4 is 17.7 Å². The molecule has 6 nitrogen and oxygen atoms in total. The second kappa shape index (κ2) is 6.43. The van der Waals surface area contributed by atoms with Crippen LogP contribution in [0.3, 0.4) is 0 Å². The minimum Gasteiger partial charge on any atom is -0.497 e. The summed E-state index contributed by atoms with van der Waals surface area (Å²) < 4.78 is 18.6. The van der Waals surface area contributed by atoms with Crippen molar-refractivity contribution < 1.29 is 23.8 Å². The van der Waals surface area contributed by atoms with Crippen molar-refractivity contribution in [2.45, 2.75) is 12.8 Å². The summed E-state index contributed by atoms with van der Waals surface area (Å²) in [5, 5.41) is 11.5. The van der Waals surface area contributed by atoms with E-state index in [-0.39, 0.29) is 12.2 Å². The fourth-order valence-electron chi connectivity index (χ4n) is 2.28. The van der Waals surface area contributed by atoms with Gasteiger partial charge in [0.1, 0.15) is 11.6 Å². The lowest BCUT2D eigenvalue weighted by molar-refractivity contribution is -0.143. The van der Waals surface area contributed by atoms with Crippen molar-refractivity contribution in [2.24, 2.45) is 5.92 Å². The number of hydrogen-bond donors (Lipinski definition) is 2. The normalized spacial score (nSPS) is 18.2. The molecule has 21 heavy (non-hydrogen) atoms. The number of rotatable bonds is 3. The summed E-state index contributed by atoms with van der Waals surface area (Å²) in [5.41, 5.74) is 0.0109. The molecule has 0 bridgehead atoms. The van der Waals surface area contributed by atoms with Crippen LogP contribution in [0.15, 0.2) is 18.2 Å². The minimum atomic E-state index is -0.917. The third-order valence-electron chi connectivity index (χ3n) is 3.47. The van der Waals surface area contributed by atoms with E-state index >= 15 is 0 Å². The van der Waals surface area contributed by atoms with Gasteiger partial charge in [-0.25, -0.2) is 9.18 Å². The van der Waals surface area contributed by atoms with Gasteiger partial charge in [0.2, 0.25) is 0 Å². The summed E-state index contributed by atoms with van der Waals surface area (Å²) in [7, 11) is 1.45. The van der Waals surface area contributed by atoms with Gasteiger partial charge in [-0.2, -0.15) is 0 Å². The number of likely N-dealkylation sites (tertiary alicyclic amines) is 1. The Morgan fingerprint density at radius 2 is 2.24 bits per heavy atom. The molecule has 2 N–H and O–H groups in total. The molecule has 2 rings (SSSR count).